The van der Waals surface area contributed by atoms with Gasteiger partial charge in [-0.25, -0.2) is 9.97 Å². The molecule has 0 radical (unpaired) electrons. The molecule has 0 saturated carbocycles. The van der Waals surface area contributed by atoms with E-state index >= 15 is 0 Å². The maximum absolute atomic E-state index is 12.9. The summed E-state index contributed by atoms with van der Waals surface area (Å²) in [5.74, 6) is 0. The number of methoxy groups -OCH3 is 2. The van der Waals surface area contributed by atoms with Crippen LogP contribution >= 0.6 is 23.4 Å². The quantitative estimate of drug-likeness (QED) is 0.389. The molecule has 162 valence electrons. The van der Waals surface area contributed by atoms with E-state index in [4.69, 9.17) is 21.1 Å². The summed E-state index contributed by atoms with van der Waals surface area (Å²) in [7, 11) is 3.17. The Hall–Kier alpha value is -1.81. The van der Waals surface area contributed by atoms with Gasteiger partial charge in [-0.3, -0.25) is 0 Å². The van der Waals surface area contributed by atoms with Crippen LogP contribution in [-0.2, 0) is 22.2 Å². The van der Waals surface area contributed by atoms with Crippen LogP contribution in [0.15, 0.2) is 40.6 Å². The molecule has 2 aromatic heterocycles. The van der Waals surface area contributed by atoms with Crippen molar-refractivity contribution >= 4 is 34.4 Å². The van der Waals surface area contributed by atoms with E-state index in [2.05, 4.69) is 9.97 Å². The predicted molar refractivity (Wildman–Crippen MR) is 110 cm³/mol. The van der Waals surface area contributed by atoms with Crippen molar-refractivity contribution in [1.29, 1.82) is 0 Å². The molecule has 0 fully saturated rings. The van der Waals surface area contributed by atoms with E-state index in [1.807, 2.05) is 29.7 Å². The highest BCUT2D eigenvalue weighted by Crippen LogP contribution is 2.37. The number of imidazole rings is 1. The molecular weight excluding hydrogens is 439 g/mol. The third-order valence-corrected chi connectivity index (χ3v) is 5.95. The standard InChI is InChI=1S/C20H21ClF3N3O2S/c1-12-6-7-15-16(9-12)27(8-4-5-17(28-2)29-3)19(26-15)30-18-14(21)10-13(11-25-18)20(22,23)24/h6-7,9-11,17H,4-5,8H2,1-3H3. The van der Waals surface area contributed by atoms with Crippen LogP contribution in [0.2, 0.25) is 5.02 Å². The largest absolute Gasteiger partial charge is 0.417 e. The number of fused-ring (bicyclic) bond motifs is 1. The number of hydrogen-bond donors (Lipinski definition) is 0. The molecule has 3 rings (SSSR count). The summed E-state index contributed by atoms with van der Waals surface area (Å²) >= 11 is 7.23. The van der Waals surface area contributed by atoms with Crippen LogP contribution in [0, 0.1) is 6.92 Å². The van der Waals surface area contributed by atoms with Crippen LogP contribution in [0.4, 0.5) is 13.2 Å². The number of ether oxygens (including phenoxy) is 2. The van der Waals surface area contributed by atoms with Crippen molar-refractivity contribution in [2.75, 3.05) is 14.2 Å². The average Bonchev–Trinajstić information content (AvgIpc) is 3.02. The van der Waals surface area contributed by atoms with Crippen LogP contribution in [0.25, 0.3) is 11.0 Å². The first kappa shape index (κ1) is 22.9. The summed E-state index contributed by atoms with van der Waals surface area (Å²) in [6, 6.07) is 6.79. The Morgan fingerprint density at radius 3 is 2.57 bits per heavy atom. The normalized spacial score (nSPS) is 12.3. The lowest BCUT2D eigenvalue weighted by Gasteiger charge is -2.14. The molecule has 0 unspecified atom stereocenters. The van der Waals surface area contributed by atoms with Gasteiger partial charge in [0.1, 0.15) is 5.03 Å². The van der Waals surface area contributed by atoms with Gasteiger partial charge in [0.25, 0.3) is 0 Å². The minimum Gasteiger partial charge on any atom is -0.356 e. The summed E-state index contributed by atoms with van der Waals surface area (Å²) < 4.78 is 51.2. The fraction of sp³-hybridized carbons (Fsp3) is 0.400. The molecule has 0 bridgehead atoms. The zero-order chi connectivity index (χ0) is 21.9. The van der Waals surface area contributed by atoms with Crippen molar-refractivity contribution in [2.45, 2.75) is 49.0 Å². The highest BCUT2D eigenvalue weighted by molar-refractivity contribution is 7.99. The average molecular weight is 460 g/mol. The zero-order valence-corrected chi connectivity index (χ0v) is 18.2. The second kappa shape index (κ2) is 9.55. The molecule has 0 aliphatic rings. The van der Waals surface area contributed by atoms with Crippen LogP contribution in [0.3, 0.4) is 0 Å². The second-order valence-electron chi connectivity index (χ2n) is 6.69. The molecule has 0 aliphatic carbocycles. The Morgan fingerprint density at radius 2 is 1.93 bits per heavy atom. The van der Waals surface area contributed by atoms with Gasteiger partial charge in [0.05, 0.1) is 21.6 Å². The van der Waals surface area contributed by atoms with Gasteiger partial charge in [-0.05, 0) is 48.9 Å². The van der Waals surface area contributed by atoms with E-state index < -0.39 is 11.7 Å². The first-order chi connectivity index (χ1) is 14.2. The van der Waals surface area contributed by atoms with Crippen molar-refractivity contribution in [3.8, 4) is 0 Å². The predicted octanol–water partition coefficient (Wildman–Crippen LogP) is 5.96. The molecule has 30 heavy (non-hydrogen) atoms. The van der Waals surface area contributed by atoms with Gasteiger partial charge in [-0.1, -0.05) is 17.7 Å². The maximum atomic E-state index is 12.9. The fourth-order valence-corrected chi connectivity index (χ4v) is 4.16. The Labute approximate surface area is 181 Å². The number of benzene rings is 1. The number of hydrogen-bond acceptors (Lipinski definition) is 5. The molecule has 1 aromatic carbocycles. The Balaban J connectivity index is 1.91. The van der Waals surface area contributed by atoms with E-state index in [-0.39, 0.29) is 16.3 Å². The molecule has 3 aromatic rings. The van der Waals surface area contributed by atoms with Gasteiger partial charge < -0.3 is 14.0 Å². The fourth-order valence-electron chi connectivity index (χ4n) is 2.99. The summed E-state index contributed by atoms with van der Waals surface area (Å²) in [5.41, 5.74) is 1.93. The zero-order valence-electron chi connectivity index (χ0n) is 16.7. The van der Waals surface area contributed by atoms with Crippen LogP contribution in [0.1, 0.15) is 24.0 Å². The van der Waals surface area contributed by atoms with Crippen molar-refractivity contribution < 1.29 is 22.6 Å². The molecule has 10 heteroatoms. The second-order valence-corrected chi connectivity index (χ2v) is 8.06. The topological polar surface area (TPSA) is 49.2 Å². The summed E-state index contributed by atoms with van der Waals surface area (Å²) in [6.45, 7) is 2.62. The number of alkyl halides is 3. The van der Waals surface area contributed by atoms with Gasteiger partial charge in [-0.2, -0.15) is 13.2 Å². The van der Waals surface area contributed by atoms with E-state index in [9.17, 15) is 13.2 Å². The van der Waals surface area contributed by atoms with E-state index in [0.717, 1.165) is 47.0 Å². The van der Waals surface area contributed by atoms with Gasteiger partial charge in [0, 0.05) is 33.4 Å². The number of aromatic nitrogens is 3. The van der Waals surface area contributed by atoms with E-state index in [1.54, 1.807) is 14.2 Å². The van der Waals surface area contributed by atoms with E-state index in [0.29, 0.717) is 18.1 Å². The van der Waals surface area contributed by atoms with Crippen LogP contribution in [-0.4, -0.2) is 35.0 Å². The Morgan fingerprint density at radius 1 is 1.20 bits per heavy atom. The molecule has 0 atom stereocenters. The van der Waals surface area contributed by atoms with Gasteiger partial charge >= 0.3 is 6.18 Å². The monoisotopic (exact) mass is 459 g/mol. The minimum atomic E-state index is -4.50. The third-order valence-electron chi connectivity index (χ3n) is 4.54. The lowest BCUT2D eigenvalue weighted by Crippen LogP contribution is -2.14. The molecule has 5 nitrogen and oxygen atoms in total. The molecule has 0 saturated heterocycles. The maximum Gasteiger partial charge on any atom is 0.417 e. The number of halogens is 4. The lowest BCUT2D eigenvalue weighted by atomic mass is 10.2. The van der Waals surface area contributed by atoms with Crippen molar-refractivity contribution in [2.24, 2.45) is 0 Å². The number of rotatable bonds is 8. The minimum absolute atomic E-state index is 0.0663. The molecule has 0 amide bonds. The first-order valence-corrected chi connectivity index (χ1v) is 10.4. The molecular formula is C20H21ClF3N3O2S. The summed E-state index contributed by atoms with van der Waals surface area (Å²) in [4.78, 5) is 8.56. The number of aryl methyl sites for hydroxylation is 2. The van der Waals surface area contributed by atoms with Crippen molar-refractivity contribution in [1.82, 2.24) is 14.5 Å². The first-order valence-electron chi connectivity index (χ1n) is 9.16. The van der Waals surface area contributed by atoms with Gasteiger partial charge in [0.2, 0.25) is 0 Å². The molecule has 0 spiro atoms. The van der Waals surface area contributed by atoms with Crippen LogP contribution in [0.5, 0.6) is 0 Å². The number of pyridine rings is 1. The highest BCUT2D eigenvalue weighted by Gasteiger charge is 2.31. The Bertz CT molecular complexity index is 1020. The molecule has 0 aliphatic heterocycles. The van der Waals surface area contributed by atoms with Gasteiger partial charge in [0.15, 0.2) is 11.4 Å². The number of nitrogens with zero attached hydrogens (tertiary/aromatic N) is 3. The van der Waals surface area contributed by atoms with E-state index in [1.165, 1.54) is 0 Å². The SMILES string of the molecule is COC(CCCn1c(Sc2ncc(C(F)(F)F)cc2Cl)nc2ccc(C)cc21)OC. The third kappa shape index (κ3) is 5.26. The van der Waals surface area contributed by atoms with Crippen LogP contribution < -0.4 is 0 Å². The highest BCUT2D eigenvalue weighted by atomic mass is 35.5. The lowest BCUT2D eigenvalue weighted by molar-refractivity contribution is -0.137. The molecule has 2 heterocycles. The molecule has 0 N–H and O–H groups in total. The van der Waals surface area contributed by atoms with Crippen molar-refractivity contribution in [3.63, 3.8) is 0 Å². The Kier molecular flexibility index (Phi) is 7.28. The smallest absolute Gasteiger partial charge is 0.356 e. The summed E-state index contributed by atoms with van der Waals surface area (Å²) in [5, 5.41) is 0.809. The summed E-state index contributed by atoms with van der Waals surface area (Å²) in [6.07, 6.45) is -2.57. The van der Waals surface area contributed by atoms with Gasteiger partial charge in [-0.15, -0.1) is 0 Å². The van der Waals surface area contributed by atoms with Crippen molar-refractivity contribution in [3.05, 3.63) is 46.6 Å².